The molecule has 2 aliphatic rings. The highest BCUT2D eigenvalue weighted by atomic mass is 16.5. The van der Waals surface area contributed by atoms with E-state index in [1.807, 2.05) is 0 Å². The molecule has 6 nitrogen and oxygen atoms in total. The summed E-state index contributed by atoms with van der Waals surface area (Å²) in [5.74, 6) is 0.794. The topological polar surface area (TPSA) is 75.4 Å². The molecule has 1 saturated heterocycles. The van der Waals surface area contributed by atoms with Gasteiger partial charge in [0.25, 0.3) is 0 Å². The van der Waals surface area contributed by atoms with E-state index in [1.54, 1.807) is 24.1 Å². The molecule has 1 N–H and O–H groups in total. The molecule has 6 heteroatoms. The molecule has 2 fully saturated rings. The maximum absolute atomic E-state index is 12.8. The highest BCUT2D eigenvalue weighted by molar-refractivity contribution is 5.96. The second kappa shape index (κ2) is 5.87. The smallest absolute Gasteiger partial charge is 0.246 e. The number of amides is 2. The molecule has 1 aliphatic heterocycles. The molecule has 2 atom stereocenters. The standard InChI is InChI=1S/C15H21N3O3/c1-10-14(19)17-13(11-5-3-2-4-6-11)15(20)18(10)9-12-7-8-16-21-12/h7-8,10-11,13H,2-6,9H2,1H3,(H,17,19). The third-order valence-corrected chi connectivity index (χ3v) is 4.63. The van der Waals surface area contributed by atoms with Gasteiger partial charge in [-0.2, -0.15) is 0 Å². The molecule has 2 amide bonds. The lowest BCUT2D eigenvalue weighted by molar-refractivity contribution is -0.151. The van der Waals surface area contributed by atoms with E-state index in [1.165, 1.54) is 6.42 Å². The largest absolute Gasteiger partial charge is 0.360 e. The zero-order chi connectivity index (χ0) is 14.8. The number of hydrogen-bond acceptors (Lipinski definition) is 4. The van der Waals surface area contributed by atoms with Crippen molar-refractivity contribution in [3.05, 3.63) is 18.0 Å². The van der Waals surface area contributed by atoms with Crippen LogP contribution in [0.5, 0.6) is 0 Å². The lowest BCUT2D eigenvalue weighted by atomic mass is 9.82. The van der Waals surface area contributed by atoms with Crippen LogP contribution in [0.2, 0.25) is 0 Å². The molecule has 1 aromatic heterocycles. The monoisotopic (exact) mass is 291 g/mol. The quantitative estimate of drug-likeness (QED) is 0.915. The summed E-state index contributed by atoms with van der Waals surface area (Å²) in [5, 5.41) is 6.57. The SMILES string of the molecule is CC1C(=O)NC(C2CCCCC2)C(=O)N1Cc1ccno1. The summed E-state index contributed by atoms with van der Waals surface area (Å²) >= 11 is 0. The summed E-state index contributed by atoms with van der Waals surface area (Å²) in [7, 11) is 0. The number of carbonyl (C=O) groups excluding carboxylic acids is 2. The van der Waals surface area contributed by atoms with Gasteiger partial charge in [-0.05, 0) is 25.7 Å². The molecule has 0 aromatic carbocycles. The third-order valence-electron chi connectivity index (χ3n) is 4.63. The summed E-state index contributed by atoms with van der Waals surface area (Å²) in [6.07, 6.45) is 7.09. The van der Waals surface area contributed by atoms with Crippen LogP contribution < -0.4 is 5.32 Å². The predicted molar refractivity (Wildman–Crippen MR) is 75.0 cm³/mol. The van der Waals surface area contributed by atoms with Crippen molar-refractivity contribution in [3.8, 4) is 0 Å². The molecule has 1 saturated carbocycles. The van der Waals surface area contributed by atoms with Crippen molar-refractivity contribution < 1.29 is 14.1 Å². The average Bonchev–Trinajstić information content (AvgIpc) is 3.01. The summed E-state index contributed by atoms with van der Waals surface area (Å²) in [4.78, 5) is 26.5. The van der Waals surface area contributed by atoms with Gasteiger partial charge >= 0.3 is 0 Å². The second-order valence-corrected chi connectivity index (χ2v) is 6.01. The van der Waals surface area contributed by atoms with Crippen LogP contribution in [0.15, 0.2) is 16.8 Å². The average molecular weight is 291 g/mol. The Morgan fingerprint density at radius 2 is 2.10 bits per heavy atom. The minimum absolute atomic E-state index is 0.00500. The highest BCUT2D eigenvalue weighted by Crippen LogP contribution is 2.29. The van der Waals surface area contributed by atoms with Gasteiger partial charge in [0.2, 0.25) is 11.8 Å². The Bertz CT molecular complexity index is 508. The van der Waals surface area contributed by atoms with E-state index in [0.717, 1.165) is 25.7 Å². The molecule has 1 aromatic rings. The van der Waals surface area contributed by atoms with Gasteiger partial charge in [0, 0.05) is 6.07 Å². The molecule has 2 heterocycles. The van der Waals surface area contributed by atoms with Crippen LogP contribution in [-0.4, -0.2) is 34.0 Å². The van der Waals surface area contributed by atoms with Crippen molar-refractivity contribution in [1.29, 1.82) is 0 Å². The molecule has 0 bridgehead atoms. The number of carbonyl (C=O) groups is 2. The van der Waals surface area contributed by atoms with Gasteiger partial charge < -0.3 is 14.7 Å². The van der Waals surface area contributed by atoms with Crippen molar-refractivity contribution in [1.82, 2.24) is 15.4 Å². The molecule has 21 heavy (non-hydrogen) atoms. The van der Waals surface area contributed by atoms with Crippen LogP contribution in [0.4, 0.5) is 0 Å². The van der Waals surface area contributed by atoms with Gasteiger partial charge in [0.05, 0.1) is 12.7 Å². The van der Waals surface area contributed by atoms with E-state index in [4.69, 9.17) is 4.52 Å². The first kappa shape index (κ1) is 14.1. The zero-order valence-corrected chi connectivity index (χ0v) is 12.2. The predicted octanol–water partition coefficient (Wildman–Crippen LogP) is 1.47. The minimum atomic E-state index is -0.470. The Morgan fingerprint density at radius 3 is 2.76 bits per heavy atom. The Balaban J connectivity index is 1.77. The van der Waals surface area contributed by atoms with E-state index in [-0.39, 0.29) is 23.8 Å². The summed E-state index contributed by atoms with van der Waals surface area (Å²) in [6.45, 7) is 2.05. The molecule has 0 spiro atoms. The molecule has 3 rings (SSSR count). The molecule has 114 valence electrons. The van der Waals surface area contributed by atoms with Crippen LogP contribution in [-0.2, 0) is 16.1 Å². The van der Waals surface area contributed by atoms with Gasteiger partial charge in [-0.25, -0.2) is 0 Å². The number of rotatable bonds is 3. The lowest BCUT2D eigenvalue weighted by Crippen LogP contribution is -2.64. The minimum Gasteiger partial charge on any atom is -0.360 e. The first-order valence-corrected chi connectivity index (χ1v) is 7.67. The van der Waals surface area contributed by atoms with Crippen LogP contribution >= 0.6 is 0 Å². The molecule has 1 aliphatic carbocycles. The zero-order valence-electron chi connectivity index (χ0n) is 12.2. The normalized spacial score (nSPS) is 27.8. The maximum atomic E-state index is 12.8. The summed E-state index contributed by atoms with van der Waals surface area (Å²) in [5.41, 5.74) is 0. The van der Waals surface area contributed by atoms with Crippen LogP contribution in [0, 0.1) is 5.92 Å². The number of aromatic nitrogens is 1. The van der Waals surface area contributed by atoms with E-state index in [9.17, 15) is 9.59 Å². The van der Waals surface area contributed by atoms with Gasteiger partial charge in [-0.1, -0.05) is 24.4 Å². The Morgan fingerprint density at radius 1 is 1.33 bits per heavy atom. The Kier molecular flexibility index (Phi) is 3.94. The number of nitrogens with one attached hydrogen (secondary N) is 1. The first-order valence-electron chi connectivity index (χ1n) is 7.67. The van der Waals surface area contributed by atoms with E-state index < -0.39 is 6.04 Å². The van der Waals surface area contributed by atoms with E-state index in [0.29, 0.717) is 12.3 Å². The molecular weight excluding hydrogens is 270 g/mol. The number of nitrogens with zero attached hydrogens (tertiary/aromatic N) is 2. The van der Waals surface area contributed by atoms with Crippen molar-refractivity contribution in [2.45, 2.75) is 57.7 Å². The number of hydrogen-bond donors (Lipinski definition) is 1. The fraction of sp³-hybridized carbons (Fsp3) is 0.667. The fourth-order valence-corrected chi connectivity index (χ4v) is 3.34. The van der Waals surface area contributed by atoms with Crippen molar-refractivity contribution in [2.75, 3.05) is 0 Å². The number of piperazine rings is 1. The molecular formula is C15H21N3O3. The third kappa shape index (κ3) is 2.80. The van der Waals surface area contributed by atoms with Crippen LogP contribution in [0.3, 0.4) is 0 Å². The van der Waals surface area contributed by atoms with Crippen molar-refractivity contribution >= 4 is 11.8 Å². The second-order valence-electron chi connectivity index (χ2n) is 6.01. The van der Waals surface area contributed by atoms with Crippen LogP contribution in [0.1, 0.15) is 44.8 Å². The first-order chi connectivity index (χ1) is 10.2. The van der Waals surface area contributed by atoms with E-state index in [2.05, 4.69) is 10.5 Å². The van der Waals surface area contributed by atoms with E-state index >= 15 is 0 Å². The Labute approximate surface area is 123 Å². The summed E-state index contributed by atoms with van der Waals surface area (Å²) in [6, 6.07) is 0.877. The molecule has 0 radical (unpaired) electrons. The van der Waals surface area contributed by atoms with Crippen molar-refractivity contribution in [3.63, 3.8) is 0 Å². The lowest BCUT2D eigenvalue weighted by Gasteiger charge is -2.40. The molecule has 2 unspecified atom stereocenters. The maximum Gasteiger partial charge on any atom is 0.246 e. The van der Waals surface area contributed by atoms with Gasteiger partial charge in [-0.3, -0.25) is 9.59 Å². The van der Waals surface area contributed by atoms with Crippen molar-refractivity contribution in [2.24, 2.45) is 5.92 Å². The Hall–Kier alpha value is -1.85. The highest BCUT2D eigenvalue weighted by Gasteiger charge is 2.42. The summed E-state index contributed by atoms with van der Waals surface area (Å²) < 4.78 is 5.07. The van der Waals surface area contributed by atoms with Gasteiger partial charge in [0.15, 0.2) is 5.76 Å². The van der Waals surface area contributed by atoms with Gasteiger partial charge in [0.1, 0.15) is 12.1 Å². The van der Waals surface area contributed by atoms with Crippen LogP contribution in [0.25, 0.3) is 0 Å². The fourth-order valence-electron chi connectivity index (χ4n) is 3.34. The van der Waals surface area contributed by atoms with Gasteiger partial charge in [-0.15, -0.1) is 0 Å².